The lowest BCUT2D eigenvalue weighted by Crippen LogP contribution is -2.21. The Morgan fingerprint density at radius 1 is 1.17 bits per heavy atom. The van der Waals surface area contributed by atoms with Gasteiger partial charge in [0.25, 0.3) is 11.8 Å². The third-order valence-electron chi connectivity index (χ3n) is 3.61. The predicted molar refractivity (Wildman–Crippen MR) is 107 cm³/mol. The molecule has 2 N–H and O–H groups in total. The van der Waals surface area contributed by atoms with Gasteiger partial charge in [0, 0.05) is 13.2 Å². The second-order valence-electron chi connectivity index (χ2n) is 5.55. The Labute approximate surface area is 175 Å². The fraction of sp³-hybridized carbons (Fsp3) is 0.278. The molecule has 0 aliphatic carbocycles. The summed E-state index contributed by atoms with van der Waals surface area (Å²) in [5.41, 5.74) is 0.590. The highest BCUT2D eigenvalue weighted by atomic mass is 35.5. The van der Waals surface area contributed by atoms with Crippen LogP contribution in [-0.4, -0.2) is 49.0 Å². The van der Waals surface area contributed by atoms with Gasteiger partial charge >= 0.3 is 11.9 Å². The number of esters is 2. The van der Waals surface area contributed by atoms with Crippen LogP contribution in [0.3, 0.4) is 0 Å². The number of aromatic nitrogens is 1. The van der Waals surface area contributed by atoms with E-state index in [1.54, 1.807) is 13.8 Å². The number of thiophene rings is 1. The van der Waals surface area contributed by atoms with E-state index in [1.807, 2.05) is 0 Å². The van der Waals surface area contributed by atoms with E-state index in [1.165, 1.54) is 25.4 Å². The van der Waals surface area contributed by atoms with Crippen LogP contribution in [0.2, 0.25) is 5.15 Å². The lowest BCUT2D eigenvalue weighted by molar-refractivity contribution is -0.119. The molecule has 2 rings (SSSR count). The molecule has 0 bridgehead atoms. The van der Waals surface area contributed by atoms with Gasteiger partial charge in [0.1, 0.15) is 10.2 Å². The van der Waals surface area contributed by atoms with E-state index in [0.29, 0.717) is 5.56 Å². The topological polar surface area (TPSA) is 124 Å². The molecule has 11 heteroatoms. The summed E-state index contributed by atoms with van der Waals surface area (Å²) in [4.78, 5) is 52.5. The first-order valence-electron chi connectivity index (χ1n) is 8.39. The van der Waals surface area contributed by atoms with Crippen LogP contribution in [0.5, 0.6) is 0 Å². The summed E-state index contributed by atoms with van der Waals surface area (Å²) in [6.07, 6.45) is 1.22. The van der Waals surface area contributed by atoms with Crippen LogP contribution < -0.4 is 10.6 Å². The highest BCUT2D eigenvalue weighted by Crippen LogP contribution is 2.33. The molecule has 2 aromatic rings. The van der Waals surface area contributed by atoms with Gasteiger partial charge in [0.2, 0.25) is 0 Å². The number of hydrogen-bond donors (Lipinski definition) is 2. The van der Waals surface area contributed by atoms with E-state index in [4.69, 9.17) is 21.1 Å². The lowest BCUT2D eigenvalue weighted by atomic mass is 10.1. The number of anilines is 1. The minimum absolute atomic E-state index is 0.0806. The van der Waals surface area contributed by atoms with Crippen molar-refractivity contribution >= 4 is 51.7 Å². The number of nitrogens with zero attached hydrogens (tertiary/aromatic N) is 1. The zero-order chi connectivity index (χ0) is 21.6. The highest BCUT2D eigenvalue weighted by Gasteiger charge is 2.26. The zero-order valence-electron chi connectivity index (χ0n) is 15.8. The molecule has 154 valence electrons. The molecule has 0 aliphatic rings. The van der Waals surface area contributed by atoms with Crippen molar-refractivity contribution in [3.8, 4) is 0 Å². The zero-order valence-corrected chi connectivity index (χ0v) is 17.4. The van der Waals surface area contributed by atoms with Gasteiger partial charge in [-0.1, -0.05) is 11.6 Å². The Morgan fingerprint density at radius 3 is 2.48 bits per heavy atom. The van der Waals surface area contributed by atoms with Gasteiger partial charge in [0.15, 0.2) is 6.61 Å². The predicted octanol–water partition coefficient (Wildman–Crippen LogP) is 2.44. The number of carbonyl (C=O) groups is 4. The number of hydrogen-bond acceptors (Lipinski definition) is 8. The van der Waals surface area contributed by atoms with E-state index in [0.717, 1.165) is 11.3 Å². The Hall–Kier alpha value is -2.98. The summed E-state index contributed by atoms with van der Waals surface area (Å²) < 4.78 is 9.94. The molecule has 0 aliphatic heterocycles. The van der Waals surface area contributed by atoms with Gasteiger partial charge in [-0.25, -0.2) is 14.6 Å². The third-order valence-corrected chi connectivity index (χ3v) is 5.04. The molecular weight excluding hydrogens is 422 g/mol. The van der Waals surface area contributed by atoms with Crippen LogP contribution in [0.25, 0.3) is 0 Å². The van der Waals surface area contributed by atoms with E-state index >= 15 is 0 Å². The van der Waals surface area contributed by atoms with Gasteiger partial charge in [-0.2, -0.15) is 0 Å². The molecule has 0 saturated carbocycles. The summed E-state index contributed by atoms with van der Waals surface area (Å²) in [5, 5.41) is 5.31. The van der Waals surface area contributed by atoms with Crippen molar-refractivity contribution in [1.29, 1.82) is 0 Å². The van der Waals surface area contributed by atoms with Crippen molar-refractivity contribution in [3.63, 3.8) is 0 Å². The molecule has 9 nitrogen and oxygen atoms in total. The molecule has 0 saturated heterocycles. The monoisotopic (exact) mass is 439 g/mol. The second-order valence-corrected chi connectivity index (χ2v) is 6.96. The maximum absolute atomic E-state index is 12.3. The van der Waals surface area contributed by atoms with Crippen molar-refractivity contribution in [3.05, 3.63) is 45.1 Å². The molecule has 0 fully saturated rings. The van der Waals surface area contributed by atoms with E-state index in [-0.39, 0.29) is 32.8 Å². The smallest absolute Gasteiger partial charge is 0.341 e. The van der Waals surface area contributed by atoms with Crippen LogP contribution >= 0.6 is 22.9 Å². The first-order chi connectivity index (χ1) is 13.8. The standard InChI is InChI=1S/C18H18ClN3O6S/c1-4-27-18(26)13-9(2)14(15(24)20-3)29-16(13)22-12(23)8-28-17(25)10-5-6-11(19)21-7-10/h5-7H,4,8H2,1-3H3,(H,20,24)(H,22,23). The van der Waals surface area contributed by atoms with Crippen LogP contribution in [0.4, 0.5) is 5.00 Å². The summed E-state index contributed by atoms with van der Waals surface area (Å²) in [5.74, 6) is -2.52. The van der Waals surface area contributed by atoms with Crippen molar-refractivity contribution in [2.75, 3.05) is 25.6 Å². The maximum Gasteiger partial charge on any atom is 0.341 e. The van der Waals surface area contributed by atoms with E-state index in [9.17, 15) is 19.2 Å². The van der Waals surface area contributed by atoms with Crippen LogP contribution in [0, 0.1) is 6.92 Å². The molecular formula is C18H18ClN3O6S. The first kappa shape index (κ1) is 22.3. The number of pyridine rings is 1. The van der Waals surface area contributed by atoms with E-state index in [2.05, 4.69) is 15.6 Å². The van der Waals surface area contributed by atoms with Gasteiger partial charge in [-0.05, 0) is 31.5 Å². The number of rotatable bonds is 7. The fourth-order valence-electron chi connectivity index (χ4n) is 2.25. The molecule has 29 heavy (non-hydrogen) atoms. The average molecular weight is 440 g/mol. The molecule has 0 aromatic carbocycles. The number of ether oxygens (including phenoxy) is 2. The van der Waals surface area contributed by atoms with Crippen molar-refractivity contribution in [1.82, 2.24) is 10.3 Å². The maximum atomic E-state index is 12.3. The van der Waals surface area contributed by atoms with Crippen LogP contribution in [0.15, 0.2) is 18.3 Å². The minimum atomic E-state index is -0.761. The fourth-order valence-corrected chi connectivity index (χ4v) is 3.52. The van der Waals surface area contributed by atoms with Gasteiger partial charge in [0.05, 0.1) is 22.6 Å². The highest BCUT2D eigenvalue weighted by molar-refractivity contribution is 7.18. The van der Waals surface area contributed by atoms with E-state index < -0.39 is 30.4 Å². The Balaban J connectivity index is 2.13. The third kappa shape index (κ3) is 5.52. The number of nitrogens with one attached hydrogen (secondary N) is 2. The quantitative estimate of drug-likeness (QED) is 0.501. The van der Waals surface area contributed by atoms with Gasteiger partial charge in [-0.15, -0.1) is 11.3 Å². The van der Waals surface area contributed by atoms with Crippen molar-refractivity contribution in [2.24, 2.45) is 0 Å². The van der Waals surface area contributed by atoms with Crippen molar-refractivity contribution in [2.45, 2.75) is 13.8 Å². The van der Waals surface area contributed by atoms with Crippen LogP contribution in [0.1, 0.15) is 42.9 Å². The second kappa shape index (κ2) is 9.99. The van der Waals surface area contributed by atoms with Gasteiger partial charge < -0.3 is 20.1 Å². The molecule has 0 radical (unpaired) electrons. The molecule has 0 unspecified atom stereocenters. The van der Waals surface area contributed by atoms with Gasteiger partial charge in [-0.3, -0.25) is 9.59 Å². The van der Waals surface area contributed by atoms with Crippen LogP contribution in [-0.2, 0) is 14.3 Å². The van der Waals surface area contributed by atoms with Crippen molar-refractivity contribution < 1.29 is 28.7 Å². The first-order valence-corrected chi connectivity index (χ1v) is 9.59. The number of amides is 2. The lowest BCUT2D eigenvalue weighted by Gasteiger charge is -2.08. The molecule has 0 spiro atoms. The average Bonchev–Trinajstić information content (AvgIpc) is 3.02. The summed E-state index contributed by atoms with van der Waals surface area (Å²) in [6.45, 7) is 2.75. The summed E-state index contributed by atoms with van der Waals surface area (Å²) in [7, 11) is 1.45. The molecule has 2 amide bonds. The normalized spacial score (nSPS) is 10.2. The SMILES string of the molecule is CCOC(=O)c1c(NC(=O)COC(=O)c2ccc(Cl)nc2)sc(C(=O)NC)c1C. The Morgan fingerprint density at radius 2 is 1.90 bits per heavy atom. The molecule has 0 atom stereocenters. The Kier molecular flexibility index (Phi) is 7.68. The Bertz CT molecular complexity index is 942. The minimum Gasteiger partial charge on any atom is -0.462 e. The molecule has 2 heterocycles. The summed E-state index contributed by atoms with van der Waals surface area (Å²) >= 11 is 6.58. The molecule has 2 aromatic heterocycles. The number of halogens is 1. The number of carbonyl (C=O) groups excluding carboxylic acids is 4. The largest absolute Gasteiger partial charge is 0.462 e. The summed E-state index contributed by atoms with van der Waals surface area (Å²) in [6, 6.07) is 2.82.